The van der Waals surface area contributed by atoms with E-state index in [9.17, 15) is 23.1 Å². The molecule has 1 amide bonds. The first-order valence-corrected chi connectivity index (χ1v) is 8.92. The molecule has 0 bridgehead atoms. The molecule has 122 valence electrons. The fourth-order valence-electron chi connectivity index (χ4n) is 2.42. The summed E-state index contributed by atoms with van der Waals surface area (Å²) in [6, 6.07) is 0. The quantitative estimate of drug-likeness (QED) is 0.765. The SMILES string of the molecule is CC(C)(C)S(=O)(=O)CC(=O)NC1(C(=O)O)CCCCCC1. The summed E-state index contributed by atoms with van der Waals surface area (Å²) in [6.45, 7) is 4.57. The number of nitrogens with one attached hydrogen (secondary N) is 1. The maximum absolute atomic E-state index is 12.0. The van der Waals surface area contributed by atoms with Crippen LogP contribution in [-0.2, 0) is 19.4 Å². The van der Waals surface area contributed by atoms with Crippen LogP contribution in [0.15, 0.2) is 0 Å². The number of carboxylic acid groups (broad SMARTS) is 1. The van der Waals surface area contributed by atoms with E-state index in [-0.39, 0.29) is 0 Å². The van der Waals surface area contributed by atoms with E-state index in [1.165, 1.54) is 20.8 Å². The molecule has 0 aromatic rings. The van der Waals surface area contributed by atoms with E-state index in [0.29, 0.717) is 12.8 Å². The minimum Gasteiger partial charge on any atom is -0.480 e. The number of amides is 1. The van der Waals surface area contributed by atoms with Crippen molar-refractivity contribution in [3.63, 3.8) is 0 Å². The van der Waals surface area contributed by atoms with Crippen LogP contribution in [0.25, 0.3) is 0 Å². The van der Waals surface area contributed by atoms with E-state index < -0.39 is 37.8 Å². The lowest BCUT2D eigenvalue weighted by Crippen LogP contribution is -2.56. The third-order valence-corrected chi connectivity index (χ3v) is 6.51. The summed E-state index contributed by atoms with van der Waals surface area (Å²) in [4.78, 5) is 23.6. The number of carbonyl (C=O) groups is 2. The maximum atomic E-state index is 12.0. The first-order chi connectivity index (χ1) is 9.50. The van der Waals surface area contributed by atoms with Crippen LogP contribution in [0.3, 0.4) is 0 Å². The molecule has 0 heterocycles. The lowest BCUT2D eigenvalue weighted by Gasteiger charge is -2.30. The van der Waals surface area contributed by atoms with Crippen molar-refractivity contribution < 1.29 is 23.1 Å². The second-order valence-corrected chi connectivity index (χ2v) is 9.46. The number of aliphatic carboxylic acids is 1. The van der Waals surface area contributed by atoms with Gasteiger partial charge in [-0.3, -0.25) is 4.79 Å². The Kier molecular flexibility index (Phi) is 5.41. The molecule has 2 N–H and O–H groups in total. The van der Waals surface area contributed by atoms with Crippen LogP contribution < -0.4 is 5.32 Å². The third-order valence-electron chi connectivity index (χ3n) is 4.00. The average molecular weight is 319 g/mol. The molecule has 0 spiro atoms. The van der Waals surface area contributed by atoms with Crippen molar-refractivity contribution in [1.29, 1.82) is 0 Å². The molecule has 1 fully saturated rings. The Morgan fingerprint density at radius 3 is 1.95 bits per heavy atom. The van der Waals surface area contributed by atoms with Crippen molar-refractivity contribution in [3.05, 3.63) is 0 Å². The summed E-state index contributed by atoms with van der Waals surface area (Å²) in [5.41, 5.74) is -1.32. The monoisotopic (exact) mass is 319 g/mol. The van der Waals surface area contributed by atoms with Gasteiger partial charge in [0.05, 0.1) is 4.75 Å². The lowest BCUT2D eigenvalue weighted by molar-refractivity contribution is -0.148. The number of hydrogen-bond donors (Lipinski definition) is 2. The van der Waals surface area contributed by atoms with Crippen molar-refractivity contribution in [3.8, 4) is 0 Å². The molecule has 0 saturated heterocycles. The molecule has 21 heavy (non-hydrogen) atoms. The molecule has 1 rings (SSSR count). The Hall–Kier alpha value is -1.11. The van der Waals surface area contributed by atoms with E-state index in [1.807, 2.05) is 0 Å². The van der Waals surface area contributed by atoms with Gasteiger partial charge in [0.1, 0.15) is 11.3 Å². The Bertz CT molecular complexity index is 496. The molecule has 0 aliphatic heterocycles. The van der Waals surface area contributed by atoms with Gasteiger partial charge in [-0.2, -0.15) is 0 Å². The summed E-state index contributed by atoms with van der Waals surface area (Å²) in [5, 5.41) is 11.9. The minimum atomic E-state index is -3.61. The third kappa shape index (κ3) is 4.43. The highest BCUT2D eigenvalue weighted by atomic mass is 32.2. The summed E-state index contributed by atoms with van der Waals surface area (Å²) in [7, 11) is -3.61. The van der Waals surface area contributed by atoms with Gasteiger partial charge in [-0.15, -0.1) is 0 Å². The topological polar surface area (TPSA) is 101 Å². The standard InChI is InChI=1S/C14H25NO5S/c1-13(2,3)21(19,20)10-11(16)15-14(12(17)18)8-6-4-5-7-9-14/h4-10H2,1-3H3,(H,15,16)(H,17,18). The second-order valence-electron chi connectivity index (χ2n) is 6.72. The number of rotatable bonds is 4. The van der Waals surface area contributed by atoms with Crippen LogP contribution in [0, 0.1) is 0 Å². The van der Waals surface area contributed by atoms with Crippen LogP contribution in [0.5, 0.6) is 0 Å². The van der Waals surface area contributed by atoms with Crippen molar-refractivity contribution in [2.24, 2.45) is 0 Å². The Balaban J connectivity index is 2.86. The smallest absolute Gasteiger partial charge is 0.329 e. The van der Waals surface area contributed by atoms with Gasteiger partial charge in [0.2, 0.25) is 5.91 Å². The first-order valence-electron chi connectivity index (χ1n) is 7.27. The predicted octanol–water partition coefficient (Wildman–Crippen LogP) is 1.49. The molecule has 6 nitrogen and oxygen atoms in total. The van der Waals surface area contributed by atoms with E-state index in [4.69, 9.17) is 0 Å². The van der Waals surface area contributed by atoms with Crippen molar-refractivity contribution in [2.45, 2.75) is 69.6 Å². The second kappa shape index (κ2) is 6.34. The van der Waals surface area contributed by atoms with Gasteiger partial charge in [0.15, 0.2) is 9.84 Å². The lowest BCUT2D eigenvalue weighted by atomic mass is 9.90. The first kappa shape index (κ1) is 17.9. The largest absolute Gasteiger partial charge is 0.480 e. The van der Waals surface area contributed by atoms with Crippen molar-refractivity contribution in [1.82, 2.24) is 5.32 Å². The van der Waals surface area contributed by atoms with Gasteiger partial charge in [-0.25, -0.2) is 13.2 Å². The molecular formula is C14H25NO5S. The zero-order valence-corrected chi connectivity index (χ0v) is 13.8. The van der Waals surface area contributed by atoms with E-state index in [2.05, 4.69) is 5.32 Å². The van der Waals surface area contributed by atoms with Gasteiger partial charge in [-0.05, 0) is 33.6 Å². The summed E-state index contributed by atoms with van der Waals surface area (Å²) < 4.78 is 23.0. The normalized spacial score (nSPS) is 19.6. The Morgan fingerprint density at radius 1 is 1.10 bits per heavy atom. The number of carboxylic acids is 1. The van der Waals surface area contributed by atoms with Crippen LogP contribution >= 0.6 is 0 Å². The highest BCUT2D eigenvalue weighted by Crippen LogP contribution is 2.27. The molecule has 0 radical (unpaired) electrons. The molecule has 1 aliphatic rings. The molecule has 0 unspecified atom stereocenters. The molecule has 0 aromatic heterocycles. The zero-order valence-electron chi connectivity index (χ0n) is 12.9. The molecular weight excluding hydrogens is 294 g/mol. The number of carbonyl (C=O) groups excluding carboxylic acids is 1. The van der Waals surface area contributed by atoms with E-state index in [1.54, 1.807) is 0 Å². The fourth-order valence-corrected chi connectivity index (χ4v) is 3.27. The molecule has 7 heteroatoms. The summed E-state index contributed by atoms with van der Waals surface area (Å²) in [6.07, 6.45) is 4.01. The van der Waals surface area contributed by atoms with E-state index in [0.717, 1.165) is 25.7 Å². The number of hydrogen-bond acceptors (Lipinski definition) is 4. The maximum Gasteiger partial charge on any atom is 0.329 e. The fraction of sp³-hybridized carbons (Fsp3) is 0.857. The van der Waals surface area contributed by atoms with Gasteiger partial charge in [-0.1, -0.05) is 25.7 Å². The van der Waals surface area contributed by atoms with E-state index >= 15 is 0 Å². The van der Waals surface area contributed by atoms with Gasteiger partial charge in [0, 0.05) is 0 Å². The van der Waals surface area contributed by atoms with Crippen molar-refractivity contribution in [2.75, 3.05) is 5.75 Å². The average Bonchev–Trinajstić information content (AvgIpc) is 2.53. The minimum absolute atomic E-state index is 0.351. The Morgan fingerprint density at radius 2 is 1.57 bits per heavy atom. The van der Waals surface area contributed by atoms with Crippen LogP contribution in [0.4, 0.5) is 0 Å². The van der Waals surface area contributed by atoms with Crippen LogP contribution in [-0.4, -0.2) is 41.4 Å². The summed E-state index contributed by atoms with van der Waals surface area (Å²) in [5.74, 6) is -2.48. The summed E-state index contributed by atoms with van der Waals surface area (Å²) >= 11 is 0. The number of sulfone groups is 1. The highest BCUT2D eigenvalue weighted by molar-refractivity contribution is 7.93. The highest BCUT2D eigenvalue weighted by Gasteiger charge is 2.41. The molecule has 1 aliphatic carbocycles. The van der Waals surface area contributed by atoms with Gasteiger partial charge >= 0.3 is 5.97 Å². The van der Waals surface area contributed by atoms with Crippen LogP contribution in [0.1, 0.15) is 59.3 Å². The molecule has 0 aromatic carbocycles. The van der Waals surface area contributed by atoms with Crippen LogP contribution in [0.2, 0.25) is 0 Å². The van der Waals surface area contributed by atoms with Crippen molar-refractivity contribution >= 4 is 21.7 Å². The Labute approximate surface area is 126 Å². The zero-order chi connectivity index (χ0) is 16.3. The van der Waals surface area contributed by atoms with Gasteiger partial charge < -0.3 is 10.4 Å². The molecule has 1 saturated carbocycles. The van der Waals surface area contributed by atoms with Gasteiger partial charge in [0.25, 0.3) is 0 Å². The predicted molar refractivity (Wildman–Crippen MR) is 79.8 cm³/mol. The molecule has 0 atom stereocenters.